The molecule has 0 aromatic heterocycles. The van der Waals surface area contributed by atoms with Gasteiger partial charge in [-0.1, -0.05) is 12.0 Å². The first-order valence-corrected chi connectivity index (χ1v) is 10.4. The highest BCUT2D eigenvalue weighted by Crippen LogP contribution is 2.39. The second-order valence-corrected chi connectivity index (χ2v) is 7.23. The van der Waals surface area contributed by atoms with Crippen LogP contribution in [0.2, 0.25) is 0 Å². The van der Waals surface area contributed by atoms with Gasteiger partial charge in [0.1, 0.15) is 12.6 Å². The third kappa shape index (κ3) is 5.63. The van der Waals surface area contributed by atoms with Gasteiger partial charge in [0, 0.05) is 29.8 Å². The average Bonchev–Trinajstić information content (AvgIpc) is 3.03. The molecule has 10 heteroatoms. The predicted octanol–water partition coefficient (Wildman–Crippen LogP) is 0.0334. The first-order valence-electron chi connectivity index (χ1n) is 10.4. The van der Waals surface area contributed by atoms with E-state index in [-0.39, 0.29) is 25.4 Å². The van der Waals surface area contributed by atoms with Gasteiger partial charge in [-0.3, -0.25) is 24.6 Å². The van der Waals surface area contributed by atoms with Crippen molar-refractivity contribution >= 4 is 23.4 Å². The molecule has 1 aromatic rings. The molecule has 3 amide bonds. The minimum Gasteiger partial charge on any atom is -0.382 e. The number of piperidine rings is 1. The zero-order valence-electron chi connectivity index (χ0n) is 17.7. The lowest BCUT2D eigenvalue weighted by atomic mass is 10.0. The van der Waals surface area contributed by atoms with E-state index in [9.17, 15) is 19.5 Å². The van der Waals surface area contributed by atoms with E-state index in [1.54, 1.807) is 18.2 Å². The number of amides is 3. The van der Waals surface area contributed by atoms with Gasteiger partial charge in [0.05, 0.1) is 33.0 Å². The van der Waals surface area contributed by atoms with Crippen LogP contribution in [0.4, 0.5) is 5.69 Å². The van der Waals surface area contributed by atoms with E-state index in [4.69, 9.17) is 20.6 Å². The number of anilines is 1. The zero-order chi connectivity index (χ0) is 22.9. The molecule has 2 atom stereocenters. The number of hydrogen-bond acceptors (Lipinski definition) is 8. The van der Waals surface area contributed by atoms with Crippen molar-refractivity contribution in [3.8, 4) is 12.3 Å². The summed E-state index contributed by atoms with van der Waals surface area (Å²) in [5.74, 6) is 0.979. The fourth-order valence-corrected chi connectivity index (χ4v) is 3.66. The standard InChI is InChI=1S/C22H27N3O7/c1-2-9-30-11-13-32-14-12-31-10-8-23-16-5-3-4-15-19(16)22(29)25(21(15)28)17-6-7-18(26)24-20(17)27/h1,3-5,17,22-23,29H,6-14H2,(H,24,26,27). The Balaban J connectivity index is 1.47. The van der Waals surface area contributed by atoms with Crippen LogP contribution in [0.3, 0.4) is 0 Å². The average molecular weight is 445 g/mol. The monoisotopic (exact) mass is 445 g/mol. The van der Waals surface area contributed by atoms with Crippen LogP contribution in [-0.4, -0.2) is 80.0 Å². The Morgan fingerprint density at radius 3 is 2.56 bits per heavy atom. The van der Waals surface area contributed by atoms with Crippen molar-refractivity contribution in [1.29, 1.82) is 0 Å². The Labute approximate surface area is 186 Å². The molecule has 32 heavy (non-hydrogen) atoms. The molecule has 1 fully saturated rings. The first kappa shape index (κ1) is 23.7. The number of fused-ring (bicyclic) bond motifs is 1. The molecule has 1 saturated heterocycles. The summed E-state index contributed by atoms with van der Waals surface area (Å²) in [5.41, 5.74) is 1.33. The molecule has 0 saturated carbocycles. The number of rotatable bonds is 12. The molecule has 2 aliphatic heterocycles. The van der Waals surface area contributed by atoms with Crippen molar-refractivity contribution in [2.45, 2.75) is 25.1 Å². The Morgan fingerprint density at radius 2 is 1.84 bits per heavy atom. The van der Waals surface area contributed by atoms with E-state index >= 15 is 0 Å². The number of imide groups is 1. The molecular formula is C22H27N3O7. The van der Waals surface area contributed by atoms with Crippen LogP contribution in [0, 0.1) is 12.3 Å². The maximum atomic E-state index is 12.9. The second-order valence-electron chi connectivity index (χ2n) is 7.23. The second kappa shape index (κ2) is 11.6. The Kier molecular flexibility index (Phi) is 8.58. The quantitative estimate of drug-likeness (QED) is 0.234. The zero-order valence-corrected chi connectivity index (χ0v) is 17.7. The van der Waals surface area contributed by atoms with Gasteiger partial charge < -0.3 is 24.6 Å². The molecule has 0 spiro atoms. The number of nitrogens with one attached hydrogen (secondary N) is 2. The minimum atomic E-state index is -1.28. The lowest BCUT2D eigenvalue weighted by Crippen LogP contribution is -2.53. The summed E-state index contributed by atoms with van der Waals surface area (Å²) in [4.78, 5) is 37.6. The Morgan fingerprint density at radius 1 is 1.12 bits per heavy atom. The van der Waals surface area contributed by atoms with Crippen LogP contribution in [0.25, 0.3) is 0 Å². The molecule has 0 radical (unpaired) electrons. The number of aliphatic hydroxyl groups excluding tert-OH is 1. The molecular weight excluding hydrogens is 418 g/mol. The molecule has 1 aromatic carbocycles. The first-order chi connectivity index (χ1) is 15.5. The molecule has 3 rings (SSSR count). The normalized spacial score (nSPS) is 20.1. The van der Waals surface area contributed by atoms with Crippen molar-refractivity contribution in [2.75, 3.05) is 51.5 Å². The van der Waals surface area contributed by atoms with E-state index < -0.39 is 24.1 Å². The van der Waals surface area contributed by atoms with Gasteiger partial charge in [-0.25, -0.2) is 0 Å². The maximum absolute atomic E-state index is 12.9. The number of ether oxygens (including phenoxy) is 3. The Bertz CT molecular complexity index is 883. The number of carbonyl (C=O) groups excluding carboxylic acids is 3. The summed E-state index contributed by atoms with van der Waals surface area (Å²) in [6.45, 7) is 2.81. The molecule has 0 bridgehead atoms. The highest BCUT2D eigenvalue weighted by atomic mass is 16.5. The van der Waals surface area contributed by atoms with E-state index in [1.807, 2.05) is 0 Å². The number of carbonyl (C=O) groups is 3. The number of benzene rings is 1. The van der Waals surface area contributed by atoms with E-state index in [0.29, 0.717) is 56.4 Å². The molecule has 3 N–H and O–H groups in total. The van der Waals surface area contributed by atoms with E-state index in [1.165, 1.54) is 0 Å². The third-order valence-corrected chi connectivity index (χ3v) is 5.13. The van der Waals surface area contributed by atoms with Gasteiger partial charge in [0.15, 0.2) is 6.23 Å². The number of nitrogens with zero attached hydrogens (tertiary/aromatic N) is 1. The molecule has 0 aliphatic carbocycles. The minimum absolute atomic E-state index is 0.118. The van der Waals surface area contributed by atoms with Crippen LogP contribution in [0.5, 0.6) is 0 Å². The summed E-state index contributed by atoms with van der Waals surface area (Å²) in [6.07, 6.45) is 4.09. The summed E-state index contributed by atoms with van der Waals surface area (Å²) in [7, 11) is 0. The fourth-order valence-electron chi connectivity index (χ4n) is 3.66. The summed E-state index contributed by atoms with van der Waals surface area (Å²) < 4.78 is 15.9. The lowest BCUT2D eigenvalue weighted by Gasteiger charge is -2.32. The van der Waals surface area contributed by atoms with Crippen LogP contribution in [0.15, 0.2) is 18.2 Å². The van der Waals surface area contributed by atoms with Crippen LogP contribution >= 0.6 is 0 Å². The smallest absolute Gasteiger partial charge is 0.257 e. The molecule has 2 aliphatic rings. The summed E-state index contributed by atoms with van der Waals surface area (Å²) in [6, 6.07) is 4.18. The van der Waals surface area contributed by atoms with Gasteiger partial charge >= 0.3 is 0 Å². The molecule has 172 valence electrons. The molecule has 2 heterocycles. The number of hydrogen-bond donors (Lipinski definition) is 3. The molecule has 10 nitrogen and oxygen atoms in total. The van der Waals surface area contributed by atoms with Gasteiger partial charge in [-0.15, -0.1) is 6.42 Å². The van der Waals surface area contributed by atoms with Gasteiger partial charge in [0.25, 0.3) is 5.91 Å². The summed E-state index contributed by atoms with van der Waals surface area (Å²) in [5, 5.41) is 16.2. The number of aliphatic hydroxyl groups is 1. The van der Waals surface area contributed by atoms with Crippen LogP contribution in [0.1, 0.15) is 35.0 Å². The Hall–Kier alpha value is -2.97. The van der Waals surface area contributed by atoms with Crippen molar-refractivity contribution in [3.63, 3.8) is 0 Å². The fraction of sp³-hybridized carbons (Fsp3) is 0.500. The van der Waals surface area contributed by atoms with Crippen molar-refractivity contribution in [2.24, 2.45) is 0 Å². The lowest BCUT2D eigenvalue weighted by molar-refractivity contribution is -0.139. The van der Waals surface area contributed by atoms with Crippen LogP contribution in [-0.2, 0) is 23.8 Å². The van der Waals surface area contributed by atoms with E-state index in [2.05, 4.69) is 16.6 Å². The highest BCUT2D eigenvalue weighted by Gasteiger charge is 2.45. The van der Waals surface area contributed by atoms with Gasteiger partial charge in [0.2, 0.25) is 11.8 Å². The van der Waals surface area contributed by atoms with Crippen molar-refractivity contribution in [3.05, 3.63) is 29.3 Å². The highest BCUT2D eigenvalue weighted by molar-refractivity contribution is 6.06. The number of terminal acetylenes is 1. The largest absolute Gasteiger partial charge is 0.382 e. The predicted molar refractivity (Wildman–Crippen MR) is 114 cm³/mol. The van der Waals surface area contributed by atoms with Gasteiger partial charge in [-0.05, 0) is 18.6 Å². The SMILES string of the molecule is C#CCOCCOCCOCCNc1cccc2c1C(O)N(C1CCC(=O)NC1=O)C2=O. The summed E-state index contributed by atoms with van der Waals surface area (Å²) >= 11 is 0. The van der Waals surface area contributed by atoms with Crippen LogP contribution < -0.4 is 10.6 Å². The van der Waals surface area contributed by atoms with E-state index in [0.717, 1.165) is 4.90 Å². The van der Waals surface area contributed by atoms with Crippen molar-refractivity contribution in [1.82, 2.24) is 10.2 Å². The maximum Gasteiger partial charge on any atom is 0.257 e. The molecule has 2 unspecified atom stereocenters. The van der Waals surface area contributed by atoms with Gasteiger partial charge in [-0.2, -0.15) is 0 Å². The third-order valence-electron chi connectivity index (χ3n) is 5.13. The topological polar surface area (TPSA) is 126 Å². The van der Waals surface area contributed by atoms with Crippen molar-refractivity contribution < 1.29 is 33.7 Å².